The van der Waals surface area contributed by atoms with Gasteiger partial charge in [0.25, 0.3) is 0 Å². The molecule has 0 rings (SSSR count). The van der Waals surface area contributed by atoms with Crippen molar-refractivity contribution in [2.75, 3.05) is 27.7 Å². The van der Waals surface area contributed by atoms with Crippen molar-refractivity contribution in [2.24, 2.45) is 5.41 Å². The Morgan fingerprint density at radius 1 is 1.29 bits per heavy atom. The highest BCUT2D eigenvalue weighted by atomic mass is 16.3. The molecular weight excluding hydrogens is 178 g/mol. The van der Waals surface area contributed by atoms with E-state index in [1.165, 1.54) is 0 Å². The van der Waals surface area contributed by atoms with E-state index in [0.29, 0.717) is 11.0 Å². The molecule has 3 nitrogen and oxygen atoms in total. The first-order valence-electron chi connectivity index (χ1n) is 5.04. The minimum atomic E-state index is -0.526. The van der Waals surface area contributed by atoms with Gasteiger partial charge in [0.15, 0.2) is 0 Å². The second-order valence-corrected chi connectivity index (χ2v) is 6.00. The first-order chi connectivity index (χ1) is 6.02. The predicted octanol–water partition coefficient (Wildman–Crippen LogP) is 1.06. The molecule has 0 aromatic heterocycles. The first-order valence-corrected chi connectivity index (χ1v) is 5.04. The zero-order valence-electron chi connectivity index (χ0n) is 10.3. The lowest BCUT2D eigenvalue weighted by molar-refractivity contribution is -0.873. The van der Waals surface area contributed by atoms with Gasteiger partial charge in [-0.2, -0.15) is 0 Å². The third-order valence-electron chi connectivity index (χ3n) is 2.02. The van der Waals surface area contributed by atoms with Gasteiger partial charge < -0.3 is 9.59 Å². The summed E-state index contributed by atoms with van der Waals surface area (Å²) in [5.41, 5.74) is -0.341. The fraction of sp³-hybridized carbons (Fsp3) is 0.909. The van der Waals surface area contributed by atoms with Gasteiger partial charge in [0.2, 0.25) is 0 Å². The average Bonchev–Trinajstić information content (AvgIpc) is 1.79. The van der Waals surface area contributed by atoms with Crippen LogP contribution in [-0.4, -0.2) is 49.2 Å². The zero-order valence-corrected chi connectivity index (χ0v) is 10.3. The van der Waals surface area contributed by atoms with Gasteiger partial charge in [-0.3, -0.25) is 4.79 Å². The Morgan fingerprint density at radius 3 is 2.00 bits per heavy atom. The summed E-state index contributed by atoms with van der Waals surface area (Å²) < 4.78 is 0.679. The van der Waals surface area contributed by atoms with Gasteiger partial charge in [0.05, 0.1) is 21.1 Å². The molecule has 0 saturated heterocycles. The topological polar surface area (TPSA) is 37.3 Å². The fourth-order valence-electron chi connectivity index (χ4n) is 1.22. The van der Waals surface area contributed by atoms with Crippen molar-refractivity contribution in [1.29, 1.82) is 0 Å². The lowest BCUT2D eigenvalue weighted by atomic mass is 9.87. The minimum Gasteiger partial charge on any atom is -0.387 e. The molecule has 0 radical (unpaired) electrons. The maximum absolute atomic E-state index is 11.6. The SMILES string of the molecule is CC(C)(C)C(=O)CC(O)C[N+](C)(C)C. The number of quaternary nitrogens is 1. The second kappa shape index (κ2) is 4.41. The maximum Gasteiger partial charge on any atom is 0.141 e. The Kier molecular flexibility index (Phi) is 4.28. The molecule has 0 aliphatic carbocycles. The number of carbonyl (C=O) groups is 1. The third kappa shape index (κ3) is 6.11. The van der Waals surface area contributed by atoms with Gasteiger partial charge in [-0.15, -0.1) is 0 Å². The number of likely N-dealkylation sites (N-methyl/N-ethyl adjacent to an activating group) is 1. The van der Waals surface area contributed by atoms with Crippen LogP contribution in [0.25, 0.3) is 0 Å². The summed E-state index contributed by atoms with van der Waals surface area (Å²) in [5.74, 6) is 0.124. The molecule has 0 spiro atoms. The van der Waals surface area contributed by atoms with Crippen LogP contribution in [0.2, 0.25) is 0 Å². The van der Waals surface area contributed by atoms with Crippen molar-refractivity contribution >= 4 is 5.78 Å². The fourth-order valence-corrected chi connectivity index (χ4v) is 1.22. The van der Waals surface area contributed by atoms with Gasteiger partial charge >= 0.3 is 0 Å². The number of Topliss-reactive ketones (excluding diaryl/α,β-unsaturated/α-hetero) is 1. The van der Waals surface area contributed by atoms with Gasteiger partial charge in [-0.25, -0.2) is 0 Å². The number of carbonyl (C=O) groups excluding carboxylic acids is 1. The van der Waals surface area contributed by atoms with Crippen LogP contribution in [0.15, 0.2) is 0 Å². The number of rotatable bonds is 4. The smallest absolute Gasteiger partial charge is 0.141 e. The van der Waals surface area contributed by atoms with E-state index in [-0.39, 0.29) is 17.6 Å². The number of hydrogen-bond acceptors (Lipinski definition) is 2. The highest BCUT2D eigenvalue weighted by Gasteiger charge is 2.26. The maximum atomic E-state index is 11.6. The molecule has 0 amide bonds. The first kappa shape index (κ1) is 13.6. The van der Waals surface area contributed by atoms with E-state index < -0.39 is 6.10 Å². The largest absolute Gasteiger partial charge is 0.387 e. The minimum absolute atomic E-state index is 0.124. The highest BCUT2D eigenvalue weighted by molar-refractivity contribution is 5.84. The molecule has 0 bridgehead atoms. The van der Waals surface area contributed by atoms with E-state index in [1.807, 2.05) is 41.9 Å². The molecule has 0 aromatic carbocycles. The predicted molar refractivity (Wildman–Crippen MR) is 58.0 cm³/mol. The van der Waals surface area contributed by atoms with Crippen molar-refractivity contribution in [1.82, 2.24) is 0 Å². The normalized spacial score (nSPS) is 15.4. The highest BCUT2D eigenvalue weighted by Crippen LogP contribution is 2.18. The molecule has 1 N–H and O–H groups in total. The van der Waals surface area contributed by atoms with Gasteiger partial charge in [-0.1, -0.05) is 20.8 Å². The number of aliphatic hydroxyl groups is 1. The van der Waals surface area contributed by atoms with Crippen molar-refractivity contribution in [3.63, 3.8) is 0 Å². The Morgan fingerprint density at radius 2 is 1.71 bits per heavy atom. The zero-order chi connectivity index (χ0) is 11.6. The third-order valence-corrected chi connectivity index (χ3v) is 2.02. The summed E-state index contributed by atoms with van der Waals surface area (Å²) in [4.78, 5) is 11.6. The summed E-state index contributed by atoms with van der Waals surface area (Å²) in [6.45, 7) is 6.26. The summed E-state index contributed by atoms with van der Waals surface area (Å²) in [6.07, 6.45) is -0.263. The lowest BCUT2D eigenvalue weighted by Crippen LogP contribution is -2.42. The summed E-state index contributed by atoms with van der Waals surface area (Å²) >= 11 is 0. The van der Waals surface area contributed by atoms with E-state index >= 15 is 0 Å². The number of ketones is 1. The molecule has 14 heavy (non-hydrogen) atoms. The van der Waals surface area contributed by atoms with Crippen LogP contribution in [-0.2, 0) is 4.79 Å². The summed E-state index contributed by atoms with van der Waals surface area (Å²) in [5, 5.41) is 9.68. The monoisotopic (exact) mass is 202 g/mol. The van der Waals surface area contributed by atoms with E-state index in [9.17, 15) is 9.90 Å². The Hall–Kier alpha value is -0.410. The van der Waals surface area contributed by atoms with Crippen molar-refractivity contribution in [3.05, 3.63) is 0 Å². The van der Waals surface area contributed by atoms with Gasteiger partial charge in [-0.05, 0) is 0 Å². The van der Waals surface area contributed by atoms with Crippen molar-refractivity contribution in [2.45, 2.75) is 33.3 Å². The second-order valence-electron chi connectivity index (χ2n) is 6.00. The quantitative estimate of drug-likeness (QED) is 0.692. The Labute approximate surface area is 87.3 Å². The summed E-state index contributed by atoms with van der Waals surface area (Å²) in [6, 6.07) is 0. The number of nitrogens with zero attached hydrogens (tertiary/aromatic N) is 1. The molecule has 1 atom stereocenters. The van der Waals surface area contributed by atoms with Crippen LogP contribution in [0, 0.1) is 5.41 Å². The molecule has 0 heterocycles. The van der Waals surface area contributed by atoms with E-state index in [4.69, 9.17) is 0 Å². The number of aliphatic hydroxyl groups excluding tert-OH is 1. The average molecular weight is 202 g/mol. The number of hydrogen-bond donors (Lipinski definition) is 1. The van der Waals surface area contributed by atoms with Crippen molar-refractivity contribution in [3.8, 4) is 0 Å². The Balaban J connectivity index is 4.09. The summed E-state index contributed by atoms with van der Waals surface area (Å²) in [7, 11) is 6.01. The molecule has 0 aromatic rings. The molecule has 1 unspecified atom stereocenters. The molecule has 0 aliphatic rings. The van der Waals surface area contributed by atoms with Crippen LogP contribution in [0.1, 0.15) is 27.2 Å². The van der Waals surface area contributed by atoms with Crippen LogP contribution >= 0.6 is 0 Å². The molecule has 3 heteroatoms. The van der Waals surface area contributed by atoms with Crippen LogP contribution in [0.3, 0.4) is 0 Å². The van der Waals surface area contributed by atoms with Crippen LogP contribution < -0.4 is 0 Å². The van der Waals surface area contributed by atoms with Crippen molar-refractivity contribution < 1.29 is 14.4 Å². The van der Waals surface area contributed by atoms with Gasteiger partial charge in [0, 0.05) is 11.8 Å². The molecule has 0 fully saturated rings. The Bertz CT molecular complexity index is 198. The lowest BCUT2D eigenvalue weighted by Gasteiger charge is -2.27. The van der Waals surface area contributed by atoms with E-state index in [2.05, 4.69) is 0 Å². The van der Waals surface area contributed by atoms with Crippen LogP contribution in [0.4, 0.5) is 0 Å². The van der Waals surface area contributed by atoms with E-state index in [0.717, 1.165) is 0 Å². The standard InChI is InChI=1S/C11H24NO2/c1-11(2,3)10(14)7-9(13)8-12(4,5)6/h9,13H,7-8H2,1-6H3/q+1. The van der Waals surface area contributed by atoms with E-state index in [1.54, 1.807) is 0 Å². The van der Waals surface area contributed by atoms with Crippen LogP contribution in [0.5, 0.6) is 0 Å². The molecule has 84 valence electrons. The molecule has 0 aliphatic heterocycles. The van der Waals surface area contributed by atoms with Gasteiger partial charge in [0.1, 0.15) is 18.4 Å². The molecule has 0 saturated carbocycles. The molecular formula is C11H24NO2+.